The summed E-state index contributed by atoms with van der Waals surface area (Å²) in [4.78, 5) is 25.7. The number of nitrogens with zero attached hydrogens (tertiary/aromatic N) is 1. The fraction of sp³-hybridized carbons (Fsp3) is 0.231. The summed E-state index contributed by atoms with van der Waals surface area (Å²) >= 11 is -0.179. The van der Waals surface area contributed by atoms with E-state index in [0.717, 1.165) is 4.46 Å². The predicted octanol–water partition coefficient (Wildman–Crippen LogP) is -1.84. The fourth-order valence-corrected chi connectivity index (χ4v) is 3.33. The molecule has 1 aromatic heterocycles. The zero-order valence-corrected chi connectivity index (χ0v) is 12.3. The summed E-state index contributed by atoms with van der Waals surface area (Å²) in [5, 5.41) is 8.64. The Balaban J connectivity index is 2.22. The van der Waals surface area contributed by atoms with E-state index in [1.807, 2.05) is 30.3 Å². The third kappa shape index (κ3) is 3.91. The minimum absolute atomic E-state index is 0.00798. The molecular formula is C13H14N2O4Se. The molecule has 0 bridgehead atoms. The van der Waals surface area contributed by atoms with E-state index in [1.54, 1.807) is 0 Å². The van der Waals surface area contributed by atoms with Crippen LogP contribution in [0.25, 0.3) is 0 Å². The molecule has 6 nitrogen and oxygen atoms in total. The molecular weight excluding hydrogens is 327 g/mol. The van der Waals surface area contributed by atoms with Gasteiger partial charge >= 0.3 is 121 Å². The normalized spacial score (nSPS) is 10.7. The summed E-state index contributed by atoms with van der Waals surface area (Å²) in [7, 11) is 0. The van der Waals surface area contributed by atoms with Crippen molar-refractivity contribution in [3.05, 3.63) is 57.4 Å². The van der Waals surface area contributed by atoms with Gasteiger partial charge < -0.3 is 0 Å². The molecule has 0 unspecified atom stereocenters. The Kier molecular flexibility index (Phi) is 5.31. The number of aliphatic hydroxyl groups excluding tert-OH is 1. The zero-order chi connectivity index (χ0) is 14.4. The molecule has 0 saturated heterocycles. The van der Waals surface area contributed by atoms with E-state index in [2.05, 4.69) is 4.98 Å². The van der Waals surface area contributed by atoms with Crippen LogP contribution in [0, 0.1) is 0 Å². The van der Waals surface area contributed by atoms with Crippen molar-refractivity contribution in [1.29, 1.82) is 0 Å². The Labute approximate surface area is 121 Å². The van der Waals surface area contributed by atoms with Crippen molar-refractivity contribution in [1.82, 2.24) is 9.55 Å². The van der Waals surface area contributed by atoms with Gasteiger partial charge in [0.05, 0.1) is 0 Å². The van der Waals surface area contributed by atoms with Crippen LogP contribution in [0.1, 0.15) is 0 Å². The van der Waals surface area contributed by atoms with E-state index < -0.39 is 5.69 Å². The third-order valence-electron chi connectivity index (χ3n) is 2.42. The molecule has 0 amide bonds. The number of benzene rings is 1. The monoisotopic (exact) mass is 342 g/mol. The van der Waals surface area contributed by atoms with Crippen molar-refractivity contribution >= 4 is 23.9 Å². The molecule has 0 aliphatic rings. The molecule has 0 spiro atoms. The second-order valence-corrected chi connectivity index (χ2v) is 6.24. The van der Waals surface area contributed by atoms with Crippen LogP contribution < -0.4 is 20.2 Å². The number of aromatic amines is 1. The number of ether oxygens (including phenoxy) is 1. The molecule has 0 aliphatic heterocycles. The number of hydrogen-bond acceptors (Lipinski definition) is 4. The first-order valence-corrected chi connectivity index (χ1v) is 7.67. The summed E-state index contributed by atoms with van der Waals surface area (Å²) in [6.45, 7) is 0.0394. The second-order valence-electron chi connectivity index (χ2n) is 3.90. The quantitative estimate of drug-likeness (QED) is 0.478. The van der Waals surface area contributed by atoms with E-state index in [4.69, 9.17) is 9.84 Å². The van der Waals surface area contributed by atoms with Crippen LogP contribution in [-0.2, 0) is 11.5 Å². The topological polar surface area (TPSA) is 84.3 Å². The van der Waals surface area contributed by atoms with Crippen LogP contribution in [0.2, 0.25) is 0 Å². The van der Waals surface area contributed by atoms with Gasteiger partial charge in [-0.3, -0.25) is 0 Å². The molecule has 0 atom stereocenters. The van der Waals surface area contributed by atoms with Crippen LogP contribution in [0.4, 0.5) is 0 Å². The van der Waals surface area contributed by atoms with Crippen molar-refractivity contribution in [2.45, 2.75) is 6.73 Å². The first-order valence-electron chi connectivity index (χ1n) is 5.96. The summed E-state index contributed by atoms with van der Waals surface area (Å²) in [6, 6.07) is 9.61. The third-order valence-corrected chi connectivity index (χ3v) is 4.55. The zero-order valence-electron chi connectivity index (χ0n) is 10.6. The van der Waals surface area contributed by atoms with Gasteiger partial charge in [-0.1, -0.05) is 0 Å². The number of H-pyrrole nitrogens is 1. The van der Waals surface area contributed by atoms with Crippen LogP contribution in [-0.4, -0.2) is 42.8 Å². The molecule has 2 aromatic rings. The van der Waals surface area contributed by atoms with Gasteiger partial charge in [0.25, 0.3) is 0 Å². The average Bonchev–Trinajstić information content (AvgIpc) is 2.45. The summed E-state index contributed by atoms with van der Waals surface area (Å²) in [5.41, 5.74) is -0.877. The van der Waals surface area contributed by atoms with E-state index in [0.29, 0.717) is 4.46 Å². The molecule has 7 heteroatoms. The standard InChI is InChI=1S/C13H14N2O4Se/c16-6-7-19-9-15-8-11(12(17)14-13(15)18)20-10-4-2-1-3-5-10/h1-5,8,16H,6-7,9H2,(H,14,17,18). The summed E-state index contributed by atoms with van der Waals surface area (Å²) in [6.07, 6.45) is 1.52. The predicted molar refractivity (Wildman–Crippen MR) is 75.8 cm³/mol. The number of rotatable bonds is 6. The van der Waals surface area contributed by atoms with E-state index in [1.165, 1.54) is 10.8 Å². The van der Waals surface area contributed by atoms with Crippen molar-refractivity contribution in [3.8, 4) is 0 Å². The second kappa shape index (κ2) is 7.21. The molecule has 2 rings (SSSR count). The fourth-order valence-electron chi connectivity index (χ4n) is 1.50. The Bertz CT molecular complexity index is 666. The van der Waals surface area contributed by atoms with Crippen molar-refractivity contribution in [2.75, 3.05) is 13.2 Å². The summed E-state index contributed by atoms with van der Waals surface area (Å²) < 4.78 is 7.98. The Morgan fingerprint density at radius 1 is 1.25 bits per heavy atom. The molecule has 1 heterocycles. The van der Waals surface area contributed by atoms with Crippen LogP contribution in [0.5, 0.6) is 0 Å². The van der Waals surface area contributed by atoms with E-state index in [-0.39, 0.29) is 40.5 Å². The SMILES string of the molecule is O=c1[nH]c(=O)n(COCCO)cc1[Se]c1ccccc1. The maximum absolute atomic E-state index is 11.8. The van der Waals surface area contributed by atoms with Gasteiger partial charge in [-0.05, 0) is 0 Å². The van der Waals surface area contributed by atoms with Gasteiger partial charge in [-0.25, -0.2) is 0 Å². The number of aliphatic hydroxyl groups is 1. The van der Waals surface area contributed by atoms with Crippen molar-refractivity contribution in [2.24, 2.45) is 0 Å². The molecule has 0 aliphatic carbocycles. The molecule has 1 aromatic carbocycles. The Morgan fingerprint density at radius 3 is 2.70 bits per heavy atom. The van der Waals surface area contributed by atoms with Gasteiger partial charge in [-0.15, -0.1) is 0 Å². The van der Waals surface area contributed by atoms with Crippen molar-refractivity contribution < 1.29 is 9.84 Å². The molecule has 0 fully saturated rings. The molecule has 20 heavy (non-hydrogen) atoms. The van der Waals surface area contributed by atoms with Gasteiger partial charge in [0, 0.05) is 0 Å². The first kappa shape index (κ1) is 14.7. The van der Waals surface area contributed by atoms with Gasteiger partial charge in [0.1, 0.15) is 0 Å². The first-order chi connectivity index (χ1) is 9.70. The number of aromatic nitrogens is 2. The minimum atomic E-state index is -0.513. The van der Waals surface area contributed by atoms with Gasteiger partial charge in [-0.2, -0.15) is 0 Å². The van der Waals surface area contributed by atoms with Crippen LogP contribution >= 0.6 is 0 Å². The van der Waals surface area contributed by atoms with E-state index >= 15 is 0 Å². The number of nitrogens with one attached hydrogen (secondary N) is 1. The molecule has 0 radical (unpaired) electrons. The maximum atomic E-state index is 11.8. The Hall–Kier alpha value is -1.66. The summed E-state index contributed by atoms with van der Waals surface area (Å²) in [5.74, 6) is 0. The van der Waals surface area contributed by atoms with Gasteiger partial charge in [0.2, 0.25) is 0 Å². The van der Waals surface area contributed by atoms with Gasteiger partial charge in [0.15, 0.2) is 0 Å². The Morgan fingerprint density at radius 2 is 2.00 bits per heavy atom. The van der Waals surface area contributed by atoms with Crippen LogP contribution in [0.3, 0.4) is 0 Å². The molecule has 2 N–H and O–H groups in total. The number of hydrogen-bond donors (Lipinski definition) is 2. The van der Waals surface area contributed by atoms with Crippen molar-refractivity contribution in [3.63, 3.8) is 0 Å². The van der Waals surface area contributed by atoms with Crippen LogP contribution in [0.15, 0.2) is 46.1 Å². The average molecular weight is 341 g/mol. The molecule has 106 valence electrons. The molecule has 0 saturated carbocycles. The van der Waals surface area contributed by atoms with E-state index in [9.17, 15) is 9.59 Å².